The van der Waals surface area contributed by atoms with Crippen molar-refractivity contribution in [3.8, 4) is 5.75 Å². The number of rotatable bonds is 10. The Bertz CT molecular complexity index is 1160. The highest BCUT2D eigenvalue weighted by Gasteiger charge is 2.39. The third kappa shape index (κ3) is 5.71. The van der Waals surface area contributed by atoms with E-state index in [1.807, 2.05) is 84.9 Å². The molecule has 0 aromatic heterocycles. The van der Waals surface area contributed by atoms with Crippen molar-refractivity contribution in [3.05, 3.63) is 113 Å². The van der Waals surface area contributed by atoms with Crippen molar-refractivity contribution in [1.29, 1.82) is 0 Å². The molecule has 1 aliphatic rings. The Morgan fingerprint density at radius 1 is 0.912 bits per heavy atom. The average molecular weight is 458 g/mol. The minimum Gasteiger partial charge on any atom is -0.507 e. The molecule has 1 heterocycles. The third-order valence-electron chi connectivity index (χ3n) is 5.76. The minimum absolute atomic E-state index is 0.219. The van der Waals surface area contributed by atoms with E-state index < -0.39 is 23.9 Å². The Morgan fingerprint density at radius 2 is 1.53 bits per heavy atom. The minimum atomic E-state index is -0.978. The van der Waals surface area contributed by atoms with Gasteiger partial charge < -0.3 is 20.3 Å². The zero-order valence-electron chi connectivity index (χ0n) is 18.7. The van der Waals surface area contributed by atoms with E-state index in [-0.39, 0.29) is 17.8 Å². The molecule has 0 amide bonds. The fraction of sp³-hybridized carbons (Fsp3) is 0.214. The largest absolute Gasteiger partial charge is 0.507 e. The number of Topliss-reactive ketones (excluding diaryl/α,β-unsaturated/α-hetero) is 1. The number of carbonyl (C=O) groups excluding carboxylic acids is 2. The molecule has 1 aliphatic heterocycles. The Labute approximate surface area is 198 Å². The van der Waals surface area contributed by atoms with Gasteiger partial charge in [0.05, 0.1) is 6.04 Å². The molecule has 0 saturated heterocycles. The van der Waals surface area contributed by atoms with Crippen LogP contribution in [-0.4, -0.2) is 29.0 Å². The molecular formula is C28H27NO5. The van der Waals surface area contributed by atoms with Gasteiger partial charge in [-0.3, -0.25) is 4.79 Å². The Balaban J connectivity index is 1.34. The van der Waals surface area contributed by atoms with Crippen molar-refractivity contribution in [3.63, 3.8) is 0 Å². The highest BCUT2D eigenvalue weighted by atomic mass is 16.6. The number of aliphatic hydroxyl groups excluding tert-OH is 1. The molecule has 3 N–H and O–H groups in total. The highest BCUT2D eigenvalue weighted by molar-refractivity contribution is 6.20. The van der Waals surface area contributed by atoms with E-state index in [2.05, 4.69) is 0 Å². The van der Waals surface area contributed by atoms with Gasteiger partial charge in [-0.2, -0.15) is 0 Å². The number of hydrogen-bond acceptors (Lipinski definition) is 6. The molecule has 4 rings (SSSR count). The first-order valence-electron chi connectivity index (χ1n) is 11.2. The first-order valence-corrected chi connectivity index (χ1v) is 11.2. The standard InChI is InChI=1S/C28H27NO5/c29-23(17-20-11-14-22(15-12-20)33-18-21-9-5-2-6-10-21)26(30)25-27(31)24(34-28(25)32)16-13-19-7-3-1-4-8-19/h1-12,14-15,23-24,31H,13,16-18,29H2/t23-,24?/m0/s1. The van der Waals surface area contributed by atoms with E-state index in [1.54, 1.807) is 0 Å². The van der Waals surface area contributed by atoms with Crippen LogP contribution in [0.2, 0.25) is 0 Å². The van der Waals surface area contributed by atoms with E-state index in [0.29, 0.717) is 25.2 Å². The van der Waals surface area contributed by atoms with Gasteiger partial charge in [-0.15, -0.1) is 0 Å². The molecule has 174 valence electrons. The van der Waals surface area contributed by atoms with Crippen LogP contribution < -0.4 is 10.5 Å². The lowest BCUT2D eigenvalue weighted by Crippen LogP contribution is -2.35. The summed E-state index contributed by atoms with van der Waals surface area (Å²) in [5, 5.41) is 10.5. The second kappa shape index (κ2) is 10.8. The van der Waals surface area contributed by atoms with Crippen molar-refractivity contribution in [1.82, 2.24) is 0 Å². The van der Waals surface area contributed by atoms with Gasteiger partial charge in [0.2, 0.25) is 0 Å². The van der Waals surface area contributed by atoms with E-state index in [4.69, 9.17) is 15.2 Å². The number of ketones is 1. The first-order chi connectivity index (χ1) is 16.5. The quantitative estimate of drug-likeness (QED) is 0.352. The van der Waals surface area contributed by atoms with Gasteiger partial charge in [0.15, 0.2) is 17.6 Å². The van der Waals surface area contributed by atoms with Gasteiger partial charge in [-0.25, -0.2) is 4.79 Å². The zero-order valence-corrected chi connectivity index (χ0v) is 18.7. The predicted octanol–water partition coefficient (Wildman–Crippen LogP) is 4.07. The van der Waals surface area contributed by atoms with Gasteiger partial charge in [-0.1, -0.05) is 72.8 Å². The Hall–Kier alpha value is -3.90. The van der Waals surface area contributed by atoms with E-state index >= 15 is 0 Å². The topological polar surface area (TPSA) is 98.8 Å². The number of carbonyl (C=O) groups is 2. The fourth-order valence-electron chi connectivity index (χ4n) is 3.87. The van der Waals surface area contributed by atoms with Crippen LogP contribution in [0.15, 0.2) is 96.3 Å². The van der Waals surface area contributed by atoms with E-state index in [1.165, 1.54) is 0 Å². The molecule has 3 aromatic rings. The van der Waals surface area contributed by atoms with Crippen LogP contribution in [0.25, 0.3) is 0 Å². The zero-order chi connectivity index (χ0) is 23.9. The summed E-state index contributed by atoms with van der Waals surface area (Å²) in [5.74, 6) is -1.06. The summed E-state index contributed by atoms with van der Waals surface area (Å²) >= 11 is 0. The van der Waals surface area contributed by atoms with Crippen LogP contribution in [0.4, 0.5) is 0 Å². The summed E-state index contributed by atoms with van der Waals surface area (Å²) in [5.41, 5.74) is 8.70. The molecular weight excluding hydrogens is 430 g/mol. The smallest absolute Gasteiger partial charge is 0.346 e. The van der Waals surface area contributed by atoms with Crippen LogP contribution >= 0.6 is 0 Å². The van der Waals surface area contributed by atoms with Gasteiger partial charge in [-0.05, 0) is 48.1 Å². The fourth-order valence-corrected chi connectivity index (χ4v) is 3.87. The molecule has 0 radical (unpaired) electrons. The van der Waals surface area contributed by atoms with Crippen LogP contribution in [0.5, 0.6) is 5.75 Å². The van der Waals surface area contributed by atoms with E-state index in [0.717, 1.165) is 16.7 Å². The number of ether oxygens (including phenoxy) is 2. The van der Waals surface area contributed by atoms with Crippen molar-refractivity contribution in [2.24, 2.45) is 5.73 Å². The maximum absolute atomic E-state index is 12.8. The van der Waals surface area contributed by atoms with Crippen molar-refractivity contribution >= 4 is 11.8 Å². The summed E-state index contributed by atoms with van der Waals surface area (Å²) in [7, 11) is 0. The SMILES string of the molecule is N[C@@H](Cc1ccc(OCc2ccccc2)cc1)C(=O)C1=C(O)C(CCc2ccccc2)OC1=O. The number of benzene rings is 3. The number of cyclic esters (lactones) is 1. The number of aryl methyl sites for hydroxylation is 1. The lowest BCUT2D eigenvalue weighted by Gasteiger charge is -2.11. The first kappa shape index (κ1) is 23.3. The number of esters is 1. The Kier molecular flexibility index (Phi) is 7.40. The lowest BCUT2D eigenvalue weighted by molar-refractivity contribution is -0.141. The van der Waals surface area contributed by atoms with Gasteiger partial charge in [0, 0.05) is 0 Å². The van der Waals surface area contributed by atoms with Gasteiger partial charge in [0.25, 0.3) is 0 Å². The monoisotopic (exact) mass is 457 g/mol. The molecule has 0 aliphatic carbocycles. The van der Waals surface area contributed by atoms with Crippen molar-refractivity contribution < 1.29 is 24.2 Å². The maximum Gasteiger partial charge on any atom is 0.346 e. The summed E-state index contributed by atoms with van der Waals surface area (Å²) in [6, 6.07) is 25.8. The van der Waals surface area contributed by atoms with Crippen LogP contribution in [0, 0.1) is 0 Å². The molecule has 34 heavy (non-hydrogen) atoms. The summed E-state index contributed by atoms with van der Waals surface area (Å²) < 4.78 is 11.0. The highest BCUT2D eigenvalue weighted by Crippen LogP contribution is 2.26. The van der Waals surface area contributed by atoms with Gasteiger partial charge >= 0.3 is 5.97 Å². The van der Waals surface area contributed by atoms with Gasteiger partial charge in [0.1, 0.15) is 17.9 Å². The molecule has 3 aromatic carbocycles. The second-order valence-corrected chi connectivity index (χ2v) is 8.27. The van der Waals surface area contributed by atoms with Crippen molar-refractivity contribution in [2.45, 2.75) is 38.0 Å². The molecule has 6 heteroatoms. The number of nitrogens with two attached hydrogens (primary N) is 1. The molecule has 0 saturated carbocycles. The lowest BCUT2D eigenvalue weighted by atomic mass is 9.96. The molecule has 0 spiro atoms. The van der Waals surface area contributed by atoms with Crippen LogP contribution in [0.3, 0.4) is 0 Å². The molecule has 2 atom stereocenters. The van der Waals surface area contributed by atoms with E-state index in [9.17, 15) is 14.7 Å². The summed E-state index contributed by atoms with van der Waals surface area (Å²) in [4.78, 5) is 25.2. The average Bonchev–Trinajstić information content (AvgIpc) is 3.15. The summed E-state index contributed by atoms with van der Waals surface area (Å²) in [6.07, 6.45) is 0.379. The Morgan fingerprint density at radius 3 is 2.18 bits per heavy atom. The van der Waals surface area contributed by atoms with Crippen molar-refractivity contribution in [2.75, 3.05) is 0 Å². The number of aliphatic hydroxyl groups is 1. The normalized spacial score (nSPS) is 16.3. The third-order valence-corrected chi connectivity index (χ3v) is 5.76. The van der Waals surface area contributed by atoms with Crippen LogP contribution in [-0.2, 0) is 33.8 Å². The predicted molar refractivity (Wildman–Crippen MR) is 128 cm³/mol. The maximum atomic E-state index is 12.8. The second-order valence-electron chi connectivity index (χ2n) is 8.27. The molecule has 0 bridgehead atoms. The van der Waals surface area contributed by atoms with Crippen LogP contribution in [0.1, 0.15) is 23.1 Å². The molecule has 1 unspecified atom stereocenters. The summed E-state index contributed by atoms with van der Waals surface area (Å²) in [6.45, 7) is 0.458. The molecule has 6 nitrogen and oxygen atoms in total. The molecule has 0 fully saturated rings. The number of hydrogen-bond donors (Lipinski definition) is 2.